The molecule has 0 aliphatic carbocycles. The third kappa shape index (κ3) is 4.94. The largest absolute Gasteiger partial charge is 0.493 e. The standard InChI is InChI=1S/C18H21N3O4/c1-13-11-19-12-21(18(13)23)9-8-20-17(22)7-5-14-4-6-15(24-2)16(10-14)25-3/h4-7,10-12H,8-9H2,1-3H3,(H,20,22)/b7-5+. The predicted octanol–water partition coefficient (Wildman–Crippen LogP) is 1.40. The van der Waals surface area contributed by atoms with Gasteiger partial charge >= 0.3 is 0 Å². The topological polar surface area (TPSA) is 82.5 Å². The van der Waals surface area contributed by atoms with Gasteiger partial charge < -0.3 is 14.8 Å². The molecule has 0 radical (unpaired) electrons. The van der Waals surface area contributed by atoms with E-state index in [0.717, 1.165) is 5.56 Å². The summed E-state index contributed by atoms with van der Waals surface area (Å²) >= 11 is 0. The molecule has 0 aliphatic heterocycles. The molecule has 1 aromatic heterocycles. The Morgan fingerprint density at radius 1 is 1.28 bits per heavy atom. The first-order valence-electron chi connectivity index (χ1n) is 7.74. The second kappa shape index (κ2) is 8.68. The van der Waals surface area contributed by atoms with Crippen LogP contribution in [0.4, 0.5) is 0 Å². The third-order valence-electron chi connectivity index (χ3n) is 3.56. The van der Waals surface area contributed by atoms with Crippen LogP contribution >= 0.6 is 0 Å². The number of benzene rings is 1. The van der Waals surface area contributed by atoms with Crippen LogP contribution in [0.2, 0.25) is 0 Å². The Morgan fingerprint density at radius 2 is 2.04 bits per heavy atom. The molecular formula is C18H21N3O4. The lowest BCUT2D eigenvalue weighted by Crippen LogP contribution is -2.30. The number of nitrogens with zero attached hydrogens (tertiary/aromatic N) is 2. The van der Waals surface area contributed by atoms with Crippen molar-refractivity contribution >= 4 is 12.0 Å². The van der Waals surface area contributed by atoms with Gasteiger partial charge in [0.25, 0.3) is 5.56 Å². The van der Waals surface area contributed by atoms with E-state index in [1.807, 2.05) is 6.07 Å². The van der Waals surface area contributed by atoms with E-state index >= 15 is 0 Å². The second-order valence-electron chi connectivity index (χ2n) is 5.31. The van der Waals surface area contributed by atoms with E-state index in [-0.39, 0.29) is 11.5 Å². The van der Waals surface area contributed by atoms with Gasteiger partial charge in [0.15, 0.2) is 11.5 Å². The highest BCUT2D eigenvalue weighted by molar-refractivity contribution is 5.91. The number of hydrogen-bond donors (Lipinski definition) is 1. The molecule has 0 saturated carbocycles. The minimum absolute atomic E-state index is 0.106. The Bertz CT molecular complexity index is 827. The molecule has 0 unspecified atom stereocenters. The van der Waals surface area contributed by atoms with Gasteiger partial charge in [-0.05, 0) is 30.7 Å². The fourth-order valence-electron chi connectivity index (χ4n) is 2.21. The molecule has 1 heterocycles. The van der Waals surface area contributed by atoms with Crippen LogP contribution in [0.15, 0.2) is 41.6 Å². The summed E-state index contributed by atoms with van der Waals surface area (Å²) in [5, 5.41) is 2.73. The average molecular weight is 343 g/mol. The number of amides is 1. The lowest BCUT2D eigenvalue weighted by atomic mass is 10.2. The van der Waals surface area contributed by atoms with Crippen molar-refractivity contribution in [2.75, 3.05) is 20.8 Å². The summed E-state index contributed by atoms with van der Waals surface area (Å²) in [5.74, 6) is 0.973. The number of hydrogen-bond acceptors (Lipinski definition) is 5. The first-order valence-corrected chi connectivity index (χ1v) is 7.74. The Balaban J connectivity index is 1.90. The molecule has 25 heavy (non-hydrogen) atoms. The number of carbonyl (C=O) groups excluding carboxylic acids is 1. The molecular weight excluding hydrogens is 322 g/mol. The molecule has 1 aromatic carbocycles. The van der Waals surface area contributed by atoms with Crippen molar-refractivity contribution in [1.82, 2.24) is 14.9 Å². The van der Waals surface area contributed by atoms with E-state index in [1.165, 1.54) is 23.2 Å². The summed E-state index contributed by atoms with van der Waals surface area (Å²) in [7, 11) is 3.12. The van der Waals surface area contributed by atoms with Crippen molar-refractivity contribution in [3.8, 4) is 11.5 Å². The zero-order chi connectivity index (χ0) is 18.2. The molecule has 0 spiro atoms. The van der Waals surface area contributed by atoms with E-state index in [2.05, 4.69) is 10.3 Å². The van der Waals surface area contributed by atoms with E-state index in [0.29, 0.717) is 30.2 Å². The van der Waals surface area contributed by atoms with E-state index < -0.39 is 0 Å². The van der Waals surface area contributed by atoms with Gasteiger partial charge in [-0.1, -0.05) is 6.07 Å². The smallest absolute Gasteiger partial charge is 0.256 e. The van der Waals surface area contributed by atoms with Gasteiger partial charge in [0, 0.05) is 30.9 Å². The van der Waals surface area contributed by atoms with Crippen molar-refractivity contribution < 1.29 is 14.3 Å². The summed E-state index contributed by atoms with van der Waals surface area (Å²) in [4.78, 5) is 27.7. The molecule has 0 aliphatic rings. The van der Waals surface area contributed by atoms with Crippen LogP contribution in [-0.2, 0) is 11.3 Å². The van der Waals surface area contributed by atoms with Crippen LogP contribution in [0.5, 0.6) is 11.5 Å². The number of ether oxygens (including phenoxy) is 2. The molecule has 0 fully saturated rings. The molecule has 7 heteroatoms. The lowest BCUT2D eigenvalue weighted by molar-refractivity contribution is -0.116. The highest BCUT2D eigenvalue weighted by atomic mass is 16.5. The normalized spacial score (nSPS) is 10.7. The van der Waals surface area contributed by atoms with Gasteiger partial charge in [-0.3, -0.25) is 14.2 Å². The van der Waals surface area contributed by atoms with Gasteiger partial charge in [0.1, 0.15) is 0 Å². The first kappa shape index (κ1) is 18.3. The number of rotatable bonds is 7. The van der Waals surface area contributed by atoms with Crippen molar-refractivity contribution in [2.45, 2.75) is 13.5 Å². The quantitative estimate of drug-likeness (QED) is 0.769. The summed E-state index contributed by atoms with van der Waals surface area (Å²) in [6.07, 6.45) is 6.08. The minimum Gasteiger partial charge on any atom is -0.493 e. The van der Waals surface area contributed by atoms with Gasteiger partial charge in [-0.25, -0.2) is 4.98 Å². The average Bonchev–Trinajstić information content (AvgIpc) is 2.63. The van der Waals surface area contributed by atoms with E-state index in [1.54, 1.807) is 39.4 Å². The number of nitrogens with one attached hydrogen (secondary N) is 1. The molecule has 2 aromatic rings. The van der Waals surface area contributed by atoms with Gasteiger partial charge in [0.2, 0.25) is 5.91 Å². The number of aryl methyl sites for hydroxylation is 1. The Labute approximate surface area is 145 Å². The third-order valence-corrected chi connectivity index (χ3v) is 3.56. The summed E-state index contributed by atoms with van der Waals surface area (Å²) < 4.78 is 11.9. The monoisotopic (exact) mass is 343 g/mol. The zero-order valence-electron chi connectivity index (χ0n) is 14.5. The van der Waals surface area contributed by atoms with Crippen molar-refractivity contribution in [3.05, 3.63) is 58.3 Å². The highest BCUT2D eigenvalue weighted by Crippen LogP contribution is 2.27. The maximum atomic E-state index is 11.9. The molecule has 132 valence electrons. The minimum atomic E-state index is -0.247. The Morgan fingerprint density at radius 3 is 2.76 bits per heavy atom. The van der Waals surface area contributed by atoms with Crippen molar-refractivity contribution in [1.29, 1.82) is 0 Å². The second-order valence-corrected chi connectivity index (χ2v) is 5.31. The van der Waals surface area contributed by atoms with Crippen LogP contribution in [-0.4, -0.2) is 36.2 Å². The molecule has 0 bridgehead atoms. The fourth-order valence-corrected chi connectivity index (χ4v) is 2.21. The molecule has 0 saturated heterocycles. The lowest BCUT2D eigenvalue weighted by Gasteiger charge is -2.08. The Hall–Kier alpha value is -3.09. The summed E-state index contributed by atoms with van der Waals surface area (Å²) in [6.45, 7) is 2.40. The molecule has 7 nitrogen and oxygen atoms in total. The summed E-state index contributed by atoms with van der Waals surface area (Å²) in [6, 6.07) is 5.37. The molecule has 1 amide bonds. The van der Waals surface area contributed by atoms with Crippen molar-refractivity contribution in [3.63, 3.8) is 0 Å². The Kier molecular flexibility index (Phi) is 6.33. The van der Waals surface area contributed by atoms with Crippen LogP contribution < -0.4 is 20.3 Å². The predicted molar refractivity (Wildman–Crippen MR) is 94.8 cm³/mol. The number of carbonyl (C=O) groups is 1. The van der Waals surface area contributed by atoms with Gasteiger partial charge in [-0.2, -0.15) is 0 Å². The van der Waals surface area contributed by atoms with Gasteiger partial charge in [0.05, 0.1) is 20.5 Å². The van der Waals surface area contributed by atoms with Crippen molar-refractivity contribution in [2.24, 2.45) is 0 Å². The first-order chi connectivity index (χ1) is 12.0. The maximum absolute atomic E-state index is 11.9. The summed E-state index contributed by atoms with van der Waals surface area (Å²) in [5.41, 5.74) is 1.28. The number of aromatic nitrogens is 2. The number of methoxy groups -OCH3 is 2. The fraction of sp³-hybridized carbons (Fsp3) is 0.278. The van der Waals surface area contributed by atoms with Gasteiger partial charge in [-0.15, -0.1) is 0 Å². The van der Waals surface area contributed by atoms with Crippen LogP contribution in [0.3, 0.4) is 0 Å². The molecule has 2 rings (SSSR count). The van der Waals surface area contributed by atoms with E-state index in [9.17, 15) is 9.59 Å². The molecule has 1 N–H and O–H groups in total. The van der Waals surface area contributed by atoms with Crippen LogP contribution in [0.1, 0.15) is 11.1 Å². The van der Waals surface area contributed by atoms with Crippen LogP contribution in [0, 0.1) is 6.92 Å². The zero-order valence-corrected chi connectivity index (χ0v) is 14.5. The SMILES string of the molecule is COc1ccc(/C=C/C(=O)NCCn2cncc(C)c2=O)cc1OC. The highest BCUT2D eigenvalue weighted by Gasteiger charge is 2.03. The van der Waals surface area contributed by atoms with E-state index in [4.69, 9.17) is 9.47 Å². The van der Waals surface area contributed by atoms with Crippen LogP contribution in [0.25, 0.3) is 6.08 Å². The maximum Gasteiger partial charge on any atom is 0.256 e. The molecule has 0 atom stereocenters.